The summed E-state index contributed by atoms with van der Waals surface area (Å²) in [6.07, 6.45) is 0.865. The number of ether oxygens (including phenoxy) is 1. The molecule has 1 aliphatic rings. The third-order valence-corrected chi connectivity index (χ3v) is 6.60. The average molecular weight is 477 g/mol. The second-order valence-electron chi connectivity index (χ2n) is 8.76. The van der Waals surface area contributed by atoms with E-state index in [2.05, 4.69) is 15.7 Å². The van der Waals surface area contributed by atoms with Gasteiger partial charge in [0.15, 0.2) is 6.04 Å². The first-order valence-corrected chi connectivity index (χ1v) is 11.4. The second kappa shape index (κ2) is 9.61. The number of hydrogen-bond acceptors (Lipinski definition) is 5. The van der Waals surface area contributed by atoms with Crippen molar-refractivity contribution >= 4 is 18.0 Å². The Bertz CT molecular complexity index is 1220. The zero-order valence-corrected chi connectivity index (χ0v) is 19.8. The number of fused-ring (bicyclic) bond motifs is 3. The van der Waals surface area contributed by atoms with Gasteiger partial charge in [0.2, 0.25) is 5.91 Å². The van der Waals surface area contributed by atoms with E-state index in [1.54, 1.807) is 20.0 Å². The van der Waals surface area contributed by atoms with Gasteiger partial charge in [-0.3, -0.25) is 9.48 Å². The Morgan fingerprint density at radius 2 is 1.69 bits per heavy atom. The number of amides is 2. The maximum absolute atomic E-state index is 13.1. The summed E-state index contributed by atoms with van der Waals surface area (Å²) >= 11 is 0. The van der Waals surface area contributed by atoms with Gasteiger partial charge in [-0.25, -0.2) is 9.59 Å². The van der Waals surface area contributed by atoms with Crippen molar-refractivity contribution < 1.29 is 24.2 Å². The van der Waals surface area contributed by atoms with Gasteiger partial charge in [-0.1, -0.05) is 55.5 Å². The highest BCUT2D eigenvalue weighted by Crippen LogP contribution is 2.44. The van der Waals surface area contributed by atoms with E-state index >= 15 is 0 Å². The molecule has 9 heteroatoms. The summed E-state index contributed by atoms with van der Waals surface area (Å²) in [5.74, 6) is -1.97. The maximum Gasteiger partial charge on any atom is 0.408 e. The summed E-state index contributed by atoms with van der Waals surface area (Å²) in [5.41, 5.74) is 3.26. The molecule has 1 aliphatic carbocycles. The van der Waals surface area contributed by atoms with Crippen molar-refractivity contribution in [3.05, 3.63) is 77.6 Å². The minimum atomic E-state index is -1.49. The van der Waals surface area contributed by atoms with E-state index < -0.39 is 29.6 Å². The molecular weight excluding hydrogens is 448 g/mol. The fourth-order valence-electron chi connectivity index (χ4n) is 4.34. The van der Waals surface area contributed by atoms with Crippen molar-refractivity contribution in [1.82, 2.24) is 20.4 Å². The van der Waals surface area contributed by atoms with E-state index in [9.17, 15) is 19.5 Å². The summed E-state index contributed by atoms with van der Waals surface area (Å²) in [4.78, 5) is 37.7. The van der Waals surface area contributed by atoms with Gasteiger partial charge in [0.1, 0.15) is 12.1 Å². The molecule has 182 valence electrons. The van der Waals surface area contributed by atoms with Crippen molar-refractivity contribution in [2.75, 3.05) is 6.61 Å². The number of aryl methyl sites for hydroxylation is 1. The van der Waals surface area contributed by atoms with Gasteiger partial charge in [-0.15, -0.1) is 0 Å². The van der Waals surface area contributed by atoms with Crippen molar-refractivity contribution in [3.63, 3.8) is 0 Å². The molecule has 4 rings (SSSR count). The Hall–Kier alpha value is -4.14. The molecule has 2 aromatic carbocycles. The molecule has 1 heterocycles. The van der Waals surface area contributed by atoms with E-state index in [1.807, 2.05) is 48.5 Å². The third kappa shape index (κ3) is 4.62. The summed E-state index contributed by atoms with van der Waals surface area (Å²) in [6.45, 7) is 3.16. The van der Waals surface area contributed by atoms with E-state index in [-0.39, 0.29) is 18.9 Å². The minimum Gasteiger partial charge on any atom is -0.480 e. The lowest BCUT2D eigenvalue weighted by Gasteiger charge is -2.28. The van der Waals surface area contributed by atoms with Gasteiger partial charge in [-0.05, 0) is 41.7 Å². The Morgan fingerprint density at radius 3 is 2.20 bits per heavy atom. The standard InChI is InChI=1S/C26H28N4O5/c1-4-26(2,24(32)33)29-23(31)22(21-13-14-27-30(21)3)28-25(34)35-15-20-18-11-7-5-9-16(18)17-10-6-8-12-19(17)20/h5-14,20,22H,4,15H2,1-3H3,(H,28,34)(H,29,31)(H,32,33). The Labute approximate surface area is 203 Å². The largest absolute Gasteiger partial charge is 0.480 e. The lowest BCUT2D eigenvalue weighted by molar-refractivity contribution is -0.147. The highest BCUT2D eigenvalue weighted by molar-refractivity contribution is 5.91. The van der Waals surface area contributed by atoms with Crippen LogP contribution >= 0.6 is 0 Å². The highest BCUT2D eigenvalue weighted by atomic mass is 16.5. The molecule has 9 nitrogen and oxygen atoms in total. The van der Waals surface area contributed by atoms with Crippen LogP contribution in [0.4, 0.5) is 4.79 Å². The van der Waals surface area contributed by atoms with E-state index in [1.165, 1.54) is 17.8 Å². The topological polar surface area (TPSA) is 123 Å². The summed E-state index contributed by atoms with van der Waals surface area (Å²) in [6, 6.07) is 16.4. The van der Waals surface area contributed by atoms with Gasteiger partial charge in [0, 0.05) is 19.2 Å². The number of aromatic nitrogens is 2. The number of nitrogens with one attached hydrogen (secondary N) is 2. The molecule has 0 radical (unpaired) electrons. The normalized spacial score (nSPS) is 14.8. The van der Waals surface area contributed by atoms with Crippen molar-refractivity contribution in [1.29, 1.82) is 0 Å². The van der Waals surface area contributed by atoms with Crippen molar-refractivity contribution in [2.45, 2.75) is 37.8 Å². The molecule has 0 aliphatic heterocycles. The molecule has 0 saturated carbocycles. The number of nitrogens with zero attached hydrogens (tertiary/aromatic N) is 2. The van der Waals surface area contributed by atoms with Crippen LogP contribution in [0.1, 0.15) is 49.0 Å². The molecule has 2 amide bonds. The van der Waals surface area contributed by atoms with Crippen LogP contribution in [0.25, 0.3) is 11.1 Å². The number of aliphatic carboxylic acids is 1. The van der Waals surface area contributed by atoms with Gasteiger partial charge in [0.05, 0.1) is 5.69 Å². The summed E-state index contributed by atoms with van der Waals surface area (Å²) < 4.78 is 7.03. The lowest BCUT2D eigenvalue weighted by atomic mass is 9.98. The Balaban J connectivity index is 1.51. The molecule has 1 aromatic heterocycles. The molecule has 0 bridgehead atoms. The van der Waals surface area contributed by atoms with Crippen LogP contribution in [0.15, 0.2) is 60.8 Å². The van der Waals surface area contributed by atoms with Crippen LogP contribution in [0, 0.1) is 0 Å². The molecule has 3 N–H and O–H groups in total. The first-order valence-electron chi connectivity index (χ1n) is 11.4. The van der Waals surface area contributed by atoms with Crippen molar-refractivity contribution in [3.8, 4) is 11.1 Å². The zero-order valence-electron chi connectivity index (χ0n) is 19.8. The smallest absolute Gasteiger partial charge is 0.408 e. The van der Waals surface area contributed by atoms with Crippen molar-refractivity contribution in [2.24, 2.45) is 7.05 Å². The van der Waals surface area contributed by atoms with E-state index in [0.29, 0.717) is 5.69 Å². The van der Waals surface area contributed by atoms with E-state index in [0.717, 1.165) is 22.3 Å². The molecule has 2 unspecified atom stereocenters. The molecule has 35 heavy (non-hydrogen) atoms. The van der Waals surface area contributed by atoms with Crippen LogP contribution in [0.5, 0.6) is 0 Å². The maximum atomic E-state index is 13.1. The van der Waals surface area contributed by atoms with Crippen LogP contribution < -0.4 is 10.6 Å². The molecule has 3 aromatic rings. The van der Waals surface area contributed by atoms with Crippen LogP contribution in [0.2, 0.25) is 0 Å². The number of carboxylic acids is 1. The highest BCUT2D eigenvalue weighted by Gasteiger charge is 2.37. The number of hydrogen-bond donors (Lipinski definition) is 3. The predicted octanol–water partition coefficient (Wildman–Crippen LogP) is 3.37. The SMILES string of the molecule is CCC(C)(NC(=O)C(NC(=O)OCC1c2ccccc2-c2ccccc21)c1ccnn1C)C(=O)O. The Kier molecular flexibility index (Phi) is 6.59. The van der Waals surface area contributed by atoms with Gasteiger partial charge >= 0.3 is 12.1 Å². The number of benzene rings is 2. The first kappa shape index (κ1) is 24.0. The first-order chi connectivity index (χ1) is 16.7. The fourth-order valence-corrected chi connectivity index (χ4v) is 4.34. The minimum absolute atomic E-state index is 0.0847. The summed E-state index contributed by atoms with van der Waals surface area (Å²) in [5, 5.41) is 18.7. The lowest BCUT2D eigenvalue weighted by Crippen LogP contribution is -2.55. The van der Waals surface area contributed by atoms with Gasteiger partial charge < -0.3 is 20.5 Å². The monoisotopic (exact) mass is 476 g/mol. The Morgan fingerprint density at radius 1 is 1.09 bits per heavy atom. The van der Waals surface area contributed by atoms with Crippen LogP contribution in [0.3, 0.4) is 0 Å². The average Bonchev–Trinajstić information content (AvgIpc) is 3.41. The molecular formula is C26H28N4O5. The zero-order chi connectivity index (χ0) is 25.2. The predicted molar refractivity (Wildman–Crippen MR) is 129 cm³/mol. The van der Waals surface area contributed by atoms with Gasteiger partial charge in [0.25, 0.3) is 0 Å². The third-order valence-electron chi connectivity index (χ3n) is 6.60. The molecule has 0 spiro atoms. The van der Waals surface area contributed by atoms with Crippen LogP contribution in [-0.4, -0.2) is 45.0 Å². The quantitative estimate of drug-likeness (QED) is 0.458. The summed E-state index contributed by atoms with van der Waals surface area (Å²) in [7, 11) is 1.63. The number of alkyl carbamates (subject to hydrolysis) is 1. The van der Waals surface area contributed by atoms with E-state index in [4.69, 9.17) is 4.74 Å². The molecule has 2 atom stereocenters. The molecule has 0 saturated heterocycles. The van der Waals surface area contributed by atoms with Crippen LogP contribution in [-0.2, 0) is 21.4 Å². The number of rotatable bonds is 8. The second-order valence-corrected chi connectivity index (χ2v) is 8.76. The fraction of sp³-hybridized carbons (Fsp3) is 0.308. The number of carboxylic acid groups (broad SMARTS) is 1. The number of carbonyl (C=O) groups is 3. The van der Waals surface area contributed by atoms with Gasteiger partial charge in [-0.2, -0.15) is 5.10 Å². The number of carbonyl (C=O) groups excluding carboxylic acids is 2. The molecule has 0 fully saturated rings.